The van der Waals surface area contributed by atoms with E-state index in [2.05, 4.69) is 28.9 Å². The Hall–Kier alpha value is -1.55. The first-order chi connectivity index (χ1) is 10.7. The van der Waals surface area contributed by atoms with Gasteiger partial charge in [0.25, 0.3) is 5.91 Å². The molecule has 0 N–H and O–H groups in total. The predicted molar refractivity (Wildman–Crippen MR) is 86.3 cm³/mol. The van der Waals surface area contributed by atoms with Crippen LogP contribution in [0.3, 0.4) is 0 Å². The van der Waals surface area contributed by atoms with Crippen LogP contribution in [0.2, 0.25) is 0 Å². The minimum Gasteiger partial charge on any atom is -0.378 e. The first kappa shape index (κ1) is 14.1. The molecule has 4 rings (SSSR count). The molecule has 1 aromatic rings. The van der Waals surface area contributed by atoms with Gasteiger partial charge in [0.2, 0.25) is 0 Å². The molecule has 1 aliphatic carbocycles. The summed E-state index contributed by atoms with van der Waals surface area (Å²) in [5.74, 6) is 1.91. The van der Waals surface area contributed by atoms with Crippen molar-refractivity contribution < 1.29 is 9.53 Å². The predicted octanol–water partition coefficient (Wildman–Crippen LogP) is 2.31. The SMILES string of the molecule is Cc1cc(C(=O)N2CCC3CC3C2)ccc1N1CCOCC1. The maximum absolute atomic E-state index is 12.7. The van der Waals surface area contributed by atoms with E-state index in [1.807, 2.05) is 6.07 Å². The zero-order valence-electron chi connectivity index (χ0n) is 13.3. The van der Waals surface area contributed by atoms with Crippen LogP contribution in [-0.2, 0) is 4.74 Å². The zero-order valence-corrected chi connectivity index (χ0v) is 13.3. The number of anilines is 1. The van der Waals surface area contributed by atoms with E-state index in [-0.39, 0.29) is 5.91 Å². The van der Waals surface area contributed by atoms with Gasteiger partial charge in [0.15, 0.2) is 0 Å². The van der Waals surface area contributed by atoms with E-state index >= 15 is 0 Å². The number of fused-ring (bicyclic) bond motifs is 1. The quantitative estimate of drug-likeness (QED) is 0.840. The Labute approximate surface area is 132 Å². The molecule has 2 aliphatic heterocycles. The van der Waals surface area contributed by atoms with Gasteiger partial charge in [-0.3, -0.25) is 4.79 Å². The lowest BCUT2D eigenvalue weighted by atomic mass is 10.1. The van der Waals surface area contributed by atoms with E-state index < -0.39 is 0 Å². The van der Waals surface area contributed by atoms with Crippen molar-refractivity contribution in [2.45, 2.75) is 19.8 Å². The average molecular weight is 300 g/mol. The second-order valence-corrected chi connectivity index (χ2v) is 6.90. The lowest BCUT2D eigenvalue weighted by Gasteiger charge is -2.31. The van der Waals surface area contributed by atoms with Gasteiger partial charge in [-0.05, 0) is 55.4 Å². The molecule has 0 radical (unpaired) electrons. The Bertz CT molecular complexity index is 580. The van der Waals surface area contributed by atoms with E-state index in [1.54, 1.807) is 0 Å². The smallest absolute Gasteiger partial charge is 0.253 e. The minimum atomic E-state index is 0.210. The van der Waals surface area contributed by atoms with Gasteiger partial charge in [-0.15, -0.1) is 0 Å². The highest BCUT2D eigenvalue weighted by Gasteiger charge is 2.42. The summed E-state index contributed by atoms with van der Waals surface area (Å²) in [5, 5.41) is 0. The summed E-state index contributed by atoms with van der Waals surface area (Å²) < 4.78 is 5.41. The van der Waals surface area contributed by atoms with Gasteiger partial charge in [-0.1, -0.05) is 0 Å². The van der Waals surface area contributed by atoms with Crippen molar-refractivity contribution in [1.29, 1.82) is 0 Å². The second kappa shape index (κ2) is 5.58. The number of rotatable bonds is 2. The number of ether oxygens (including phenoxy) is 1. The molecule has 3 aliphatic rings. The Morgan fingerprint density at radius 3 is 2.73 bits per heavy atom. The molecule has 1 aromatic carbocycles. The number of piperidine rings is 1. The maximum Gasteiger partial charge on any atom is 0.253 e. The number of amides is 1. The third-order valence-electron chi connectivity index (χ3n) is 5.38. The molecule has 2 heterocycles. The van der Waals surface area contributed by atoms with Crippen molar-refractivity contribution in [3.63, 3.8) is 0 Å². The Morgan fingerprint density at radius 1 is 1.18 bits per heavy atom. The van der Waals surface area contributed by atoms with E-state index in [0.717, 1.165) is 56.8 Å². The molecule has 4 nitrogen and oxygen atoms in total. The Morgan fingerprint density at radius 2 is 2.00 bits per heavy atom. The van der Waals surface area contributed by atoms with E-state index in [9.17, 15) is 4.79 Å². The zero-order chi connectivity index (χ0) is 15.1. The highest BCUT2D eigenvalue weighted by Crippen LogP contribution is 2.45. The number of morpholine rings is 1. The molecule has 22 heavy (non-hydrogen) atoms. The monoisotopic (exact) mass is 300 g/mol. The molecule has 0 spiro atoms. The lowest BCUT2D eigenvalue weighted by Crippen LogP contribution is -2.37. The van der Waals surface area contributed by atoms with Crippen molar-refractivity contribution >= 4 is 11.6 Å². The van der Waals surface area contributed by atoms with Crippen molar-refractivity contribution in [1.82, 2.24) is 4.90 Å². The van der Waals surface area contributed by atoms with E-state index in [0.29, 0.717) is 0 Å². The van der Waals surface area contributed by atoms with Crippen molar-refractivity contribution in [2.24, 2.45) is 11.8 Å². The summed E-state index contributed by atoms with van der Waals surface area (Å²) >= 11 is 0. The summed E-state index contributed by atoms with van der Waals surface area (Å²) in [5.41, 5.74) is 3.27. The summed E-state index contributed by atoms with van der Waals surface area (Å²) in [6.45, 7) is 7.45. The number of hydrogen-bond acceptors (Lipinski definition) is 3. The van der Waals surface area contributed by atoms with Crippen LogP contribution in [0.5, 0.6) is 0 Å². The Kier molecular flexibility index (Phi) is 3.57. The number of nitrogens with zero attached hydrogens (tertiary/aromatic N) is 2. The molecule has 0 aromatic heterocycles. The fraction of sp³-hybridized carbons (Fsp3) is 0.611. The fourth-order valence-corrected chi connectivity index (χ4v) is 3.90. The minimum absolute atomic E-state index is 0.210. The fourth-order valence-electron chi connectivity index (χ4n) is 3.90. The van der Waals surface area contributed by atoms with Gasteiger partial charge in [-0.25, -0.2) is 0 Å². The van der Waals surface area contributed by atoms with Gasteiger partial charge in [0, 0.05) is 37.4 Å². The largest absolute Gasteiger partial charge is 0.378 e. The molecule has 2 saturated heterocycles. The first-order valence-corrected chi connectivity index (χ1v) is 8.45. The summed E-state index contributed by atoms with van der Waals surface area (Å²) in [7, 11) is 0. The molecule has 1 amide bonds. The van der Waals surface area contributed by atoms with E-state index in [1.165, 1.54) is 24.1 Å². The number of likely N-dealkylation sites (tertiary alicyclic amines) is 1. The average Bonchev–Trinajstić information content (AvgIpc) is 3.33. The number of hydrogen-bond donors (Lipinski definition) is 0. The number of carbonyl (C=O) groups excluding carboxylic acids is 1. The van der Waals surface area contributed by atoms with E-state index in [4.69, 9.17) is 4.74 Å². The van der Waals surface area contributed by atoms with Crippen LogP contribution in [0.1, 0.15) is 28.8 Å². The highest BCUT2D eigenvalue weighted by molar-refractivity contribution is 5.95. The van der Waals surface area contributed by atoms with Crippen LogP contribution in [0, 0.1) is 18.8 Å². The van der Waals surface area contributed by atoms with Gasteiger partial charge in [0.1, 0.15) is 0 Å². The molecule has 3 fully saturated rings. The van der Waals surface area contributed by atoms with Crippen molar-refractivity contribution in [3.8, 4) is 0 Å². The van der Waals surface area contributed by atoms with Crippen molar-refractivity contribution in [3.05, 3.63) is 29.3 Å². The van der Waals surface area contributed by atoms with Gasteiger partial charge in [-0.2, -0.15) is 0 Å². The maximum atomic E-state index is 12.7. The molecule has 1 saturated carbocycles. The topological polar surface area (TPSA) is 32.8 Å². The molecular weight excluding hydrogens is 276 g/mol. The van der Waals surface area contributed by atoms with Crippen LogP contribution in [0.4, 0.5) is 5.69 Å². The number of carbonyl (C=O) groups is 1. The summed E-state index contributed by atoms with van der Waals surface area (Å²) in [4.78, 5) is 17.1. The summed E-state index contributed by atoms with van der Waals surface area (Å²) in [6.07, 6.45) is 2.53. The Balaban J connectivity index is 1.50. The second-order valence-electron chi connectivity index (χ2n) is 6.90. The molecule has 0 bridgehead atoms. The van der Waals surface area contributed by atoms with Crippen LogP contribution < -0.4 is 4.90 Å². The van der Waals surface area contributed by atoms with Gasteiger partial charge in [0.05, 0.1) is 13.2 Å². The molecular formula is C18H24N2O2. The summed E-state index contributed by atoms with van der Waals surface area (Å²) in [6, 6.07) is 6.17. The van der Waals surface area contributed by atoms with Gasteiger partial charge < -0.3 is 14.5 Å². The molecule has 4 heteroatoms. The van der Waals surface area contributed by atoms with Gasteiger partial charge >= 0.3 is 0 Å². The van der Waals surface area contributed by atoms with Crippen LogP contribution >= 0.6 is 0 Å². The normalized spacial score (nSPS) is 27.5. The van der Waals surface area contributed by atoms with Crippen LogP contribution in [-0.4, -0.2) is 50.2 Å². The first-order valence-electron chi connectivity index (χ1n) is 8.45. The third-order valence-corrected chi connectivity index (χ3v) is 5.38. The van der Waals surface area contributed by atoms with Crippen LogP contribution in [0.15, 0.2) is 18.2 Å². The number of aryl methyl sites for hydroxylation is 1. The molecule has 2 unspecified atom stereocenters. The molecule has 118 valence electrons. The standard InChI is InChI=1S/C18H24N2O2/c1-13-10-15(2-3-17(13)19-6-8-22-9-7-19)18(21)20-5-4-14-11-16(14)12-20/h2-3,10,14,16H,4-9,11-12H2,1H3. The highest BCUT2D eigenvalue weighted by atomic mass is 16.5. The van der Waals surface area contributed by atoms with Crippen LogP contribution in [0.25, 0.3) is 0 Å². The third kappa shape index (κ3) is 2.60. The molecule has 2 atom stereocenters. The lowest BCUT2D eigenvalue weighted by molar-refractivity contribution is 0.0716. The van der Waals surface area contributed by atoms with Crippen molar-refractivity contribution in [2.75, 3.05) is 44.3 Å². The number of benzene rings is 1.